The molecule has 0 bridgehead atoms. The smallest absolute Gasteiger partial charge is 0.234 e. The summed E-state index contributed by atoms with van der Waals surface area (Å²) in [5.41, 5.74) is 3.03. The first-order valence-corrected chi connectivity index (χ1v) is 12.3. The summed E-state index contributed by atoms with van der Waals surface area (Å²) in [5.74, 6) is 1.77. The fourth-order valence-electron chi connectivity index (χ4n) is 3.06. The summed E-state index contributed by atoms with van der Waals surface area (Å²) in [4.78, 5) is 13.5. The van der Waals surface area contributed by atoms with Crippen LogP contribution in [0.5, 0.6) is 5.75 Å². The third-order valence-electron chi connectivity index (χ3n) is 4.64. The first kappa shape index (κ1) is 23.2. The summed E-state index contributed by atoms with van der Waals surface area (Å²) in [6.07, 6.45) is 2.01. The van der Waals surface area contributed by atoms with Crippen molar-refractivity contribution >= 4 is 35.1 Å². The van der Waals surface area contributed by atoms with Crippen LogP contribution in [0.1, 0.15) is 36.8 Å². The number of rotatable bonds is 9. The van der Waals surface area contributed by atoms with Gasteiger partial charge < -0.3 is 14.6 Å². The van der Waals surface area contributed by atoms with E-state index in [1.54, 1.807) is 11.8 Å². The maximum absolute atomic E-state index is 12.4. The molecule has 1 aromatic heterocycles. The van der Waals surface area contributed by atoms with Crippen molar-refractivity contribution in [2.45, 2.75) is 50.4 Å². The Morgan fingerprint density at radius 2 is 1.97 bits per heavy atom. The van der Waals surface area contributed by atoms with Crippen LogP contribution in [0.15, 0.2) is 52.5 Å². The number of aromatic nitrogens is 3. The van der Waals surface area contributed by atoms with Crippen molar-refractivity contribution in [1.29, 1.82) is 0 Å². The van der Waals surface area contributed by atoms with Crippen LogP contribution in [-0.4, -0.2) is 32.7 Å². The number of nitrogens with one attached hydrogen (secondary N) is 1. The van der Waals surface area contributed by atoms with Crippen LogP contribution in [0.3, 0.4) is 0 Å². The Bertz CT molecular complexity index is 1050. The Morgan fingerprint density at radius 1 is 1.16 bits per heavy atom. The summed E-state index contributed by atoms with van der Waals surface area (Å²) in [7, 11) is 0. The van der Waals surface area contributed by atoms with Gasteiger partial charge in [0.15, 0.2) is 11.0 Å². The largest absolute Gasteiger partial charge is 0.485 e. The maximum atomic E-state index is 12.4. The van der Waals surface area contributed by atoms with Crippen LogP contribution in [0.2, 0.25) is 0 Å². The molecule has 0 radical (unpaired) electrons. The molecule has 0 aliphatic rings. The average Bonchev–Trinajstić information content (AvgIpc) is 3.16. The second-order valence-electron chi connectivity index (χ2n) is 7.49. The van der Waals surface area contributed by atoms with Crippen molar-refractivity contribution in [2.75, 3.05) is 17.3 Å². The Labute approximate surface area is 192 Å². The third-order valence-corrected chi connectivity index (χ3v) is 6.31. The SMILES string of the molecule is CSc1cccc(NC(=O)CSc2nnc(COc3cc(C)ccc3C)n2C(C)C)c1. The van der Waals surface area contributed by atoms with Gasteiger partial charge in [-0.25, -0.2) is 0 Å². The molecule has 1 amide bonds. The fourth-order valence-corrected chi connectivity index (χ4v) is 4.40. The van der Waals surface area contributed by atoms with Crippen LogP contribution >= 0.6 is 23.5 Å². The third kappa shape index (κ3) is 6.27. The summed E-state index contributed by atoms with van der Waals surface area (Å²) in [6, 6.07) is 14.1. The number of aryl methyl sites for hydroxylation is 2. The van der Waals surface area contributed by atoms with Gasteiger partial charge in [0.05, 0.1) is 5.75 Å². The van der Waals surface area contributed by atoms with Crippen molar-refractivity contribution in [3.05, 3.63) is 59.4 Å². The number of carbonyl (C=O) groups is 1. The molecule has 1 N–H and O–H groups in total. The zero-order chi connectivity index (χ0) is 22.4. The molecule has 0 saturated carbocycles. The predicted molar refractivity (Wildman–Crippen MR) is 128 cm³/mol. The van der Waals surface area contributed by atoms with E-state index in [9.17, 15) is 4.79 Å². The van der Waals surface area contributed by atoms with E-state index in [2.05, 4.69) is 35.4 Å². The lowest BCUT2D eigenvalue weighted by Gasteiger charge is -2.15. The van der Waals surface area contributed by atoms with Gasteiger partial charge in [-0.1, -0.05) is 30.0 Å². The van der Waals surface area contributed by atoms with Crippen molar-refractivity contribution in [3.63, 3.8) is 0 Å². The van der Waals surface area contributed by atoms with E-state index in [4.69, 9.17) is 4.74 Å². The van der Waals surface area contributed by atoms with Gasteiger partial charge in [-0.3, -0.25) is 4.79 Å². The molecule has 6 nitrogen and oxygen atoms in total. The molecule has 0 saturated heterocycles. The molecular weight excluding hydrogens is 428 g/mol. The number of hydrogen-bond donors (Lipinski definition) is 1. The molecule has 0 aliphatic carbocycles. The zero-order valence-electron chi connectivity index (χ0n) is 18.5. The quantitative estimate of drug-likeness (QED) is 0.428. The second kappa shape index (κ2) is 10.7. The van der Waals surface area contributed by atoms with Gasteiger partial charge in [-0.05, 0) is 69.3 Å². The molecule has 0 fully saturated rings. The molecule has 164 valence electrons. The lowest BCUT2D eigenvalue weighted by atomic mass is 10.1. The molecule has 0 spiro atoms. The lowest BCUT2D eigenvalue weighted by Crippen LogP contribution is -2.15. The predicted octanol–water partition coefficient (Wildman–Crippen LogP) is 5.51. The van der Waals surface area contributed by atoms with Gasteiger partial charge in [0.2, 0.25) is 5.91 Å². The molecule has 1 heterocycles. The van der Waals surface area contributed by atoms with Gasteiger partial charge in [-0.2, -0.15) is 0 Å². The van der Waals surface area contributed by atoms with E-state index in [1.807, 2.05) is 61.1 Å². The molecule has 3 aromatic rings. The molecular formula is C23H28N4O2S2. The highest BCUT2D eigenvalue weighted by Crippen LogP contribution is 2.25. The fraction of sp³-hybridized carbons (Fsp3) is 0.348. The standard InChI is InChI=1S/C23H28N4O2S2/c1-15(2)27-21(13-29-20-11-16(3)9-10-17(20)4)25-26-23(27)31-14-22(28)24-18-7-6-8-19(12-18)30-5/h6-12,15H,13-14H2,1-5H3,(H,24,28). The van der Waals surface area contributed by atoms with Gasteiger partial charge >= 0.3 is 0 Å². The van der Waals surface area contributed by atoms with Crippen molar-refractivity contribution in [2.24, 2.45) is 0 Å². The number of ether oxygens (including phenoxy) is 1. The molecule has 0 unspecified atom stereocenters. The van der Waals surface area contributed by atoms with Gasteiger partial charge in [0, 0.05) is 16.6 Å². The van der Waals surface area contributed by atoms with E-state index < -0.39 is 0 Å². The Kier molecular flexibility index (Phi) is 8.03. The summed E-state index contributed by atoms with van der Waals surface area (Å²) in [5, 5.41) is 12.3. The van der Waals surface area contributed by atoms with E-state index in [0.29, 0.717) is 11.8 Å². The number of thioether (sulfide) groups is 2. The Hall–Kier alpha value is -2.45. The minimum Gasteiger partial charge on any atom is -0.485 e. The normalized spacial score (nSPS) is 11.0. The van der Waals surface area contributed by atoms with E-state index in [0.717, 1.165) is 33.3 Å². The van der Waals surface area contributed by atoms with Gasteiger partial charge in [0.25, 0.3) is 0 Å². The number of benzene rings is 2. The molecule has 8 heteroatoms. The highest BCUT2D eigenvalue weighted by Gasteiger charge is 2.17. The van der Waals surface area contributed by atoms with Crippen LogP contribution in [-0.2, 0) is 11.4 Å². The van der Waals surface area contributed by atoms with Gasteiger partial charge in [0.1, 0.15) is 12.4 Å². The highest BCUT2D eigenvalue weighted by atomic mass is 32.2. The van der Waals surface area contributed by atoms with Crippen molar-refractivity contribution < 1.29 is 9.53 Å². The molecule has 2 aromatic carbocycles. The van der Waals surface area contributed by atoms with Crippen LogP contribution in [0, 0.1) is 13.8 Å². The number of nitrogens with zero attached hydrogens (tertiary/aromatic N) is 3. The van der Waals surface area contributed by atoms with Crippen molar-refractivity contribution in [1.82, 2.24) is 14.8 Å². The Balaban J connectivity index is 1.64. The lowest BCUT2D eigenvalue weighted by molar-refractivity contribution is -0.113. The number of anilines is 1. The van der Waals surface area contributed by atoms with Crippen LogP contribution in [0.25, 0.3) is 0 Å². The van der Waals surface area contributed by atoms with Gasteiger partial charge in [-0.15, -0.1) is 22.0 Å². The van der Waals surface area contributed by atoms with E-state index >= 15 is 0 Å². The average molecular weight is 457 g/mol. The van der Waals surface area contributed by atoms with Crippen LogP contribution < -0.4 is 10.1 Å². The summed E-state index contributed by atoms with van der Waals surface area (Å²) < 4.78 is 8.05. The molecule has 0 aliphatic heterocycles. The number of amides is 1. The monoisotopic (exact) mass is 456 g/mol. The zero-order valence-corrected chi connectivity index (χ0v) is 20.1. The van der Waals surface area contributed by atoms with E-state index in [1.165, 1.54) is 11.8 Å². The Morgan fingerprint density at radius 3 is 2.71 bits per heavy atom. The molecule has 31 heavy (non-hydrogen) atoms. The highest BCUT2D eigenvalue weighted by molar-refractivity contribution is 7.99. The van der Waals surface area contributed by atoms with Crippen molar-refractivity contribution in [3.8, 4) is 5.75 Å². The first-order chi connectivity index (χ1) is 14.9. The number of hydrogen-bond acceptors (Lipinski definition) is 6. The summed E-state index contributed by atoms with van der Waals surface area (Å²) >= 11 is 3.02. The molecule has 3 rings (SSSR count). The summed E-state index contributed by atoms with van der Waals surface area (Å²) in [6.45, 7) is 8.53. The first-order valence-electron chi connectivity index (χ1n) is 10.1. The number of carbonyl (C=O) groups excluding carboxylic acids is 1. The maximum Gasteiger partial charge on any atom is 0.234 e. The topological polar surface area (TPSA) is 69.0 Å². The minimum absolute atomic E-state index is 0.0743. The minimum atomic E-state index is -0.0743. The van der Waals surface area contributed by atoms with E-state index in [-0.39, 0.29) is 17.7 Å². The molecule has 0 atom stereocenters. The second-order valence-corrected chi connectivity index (χ2v) is 9.31. The van der Waals surface area contributed by atoms with Crippen LogP contribution in [0.4, 0.5) is 5.69 Å².